The number of aromatic carboxylic acids is 1. The molecule has 0 fully saturated rings. The summed E-state index contributed by atoms with van der Waals surface area (Å²) in [5.41, 5.74) is 2.96. The zero-order valence-electron chi connectivity index (χ0n) is 16.0. The lowest BCUT2D eigenvalue weighted by Gasteiger charge is -2.12. The fraction of sp³-hybridized carbons (Fsp3) is 0.136. The molecule has 2 aromatic carbocycles. The van der Waals surface area contributed by atoms with Gasteiger partial charge in [-0.3, -0.25) is 4.79 Å². The van der Waals surface area contributed by atoms with Gasteiger partial charge >= 0.3 is 5.97 Å². The minimum absolute atomic E-state index is 0.194. The number of carboxylic acids is 1. The number of nitrogens with zero attached hydrogens (tertiary/aromatic N) is 2. The molecule has 0 bridgehead atoms. The maximum atomic E-state index is 12.3. The number of anilines is 1. The highest BCUT2D eigenvalue weighted by Gasteiger charge is 2.07. The molecule has 3 aromatic rings. The molecule has 2 N–H and O–H groups in total. The average molecular weight is 391 g/mol. The molecule has 0 atom stereocenters. The molecule has 0 saturated carbocycles. The molecule has 148 valence electrons. The second kappa shape index (κ2) is 8.88. The number of carbonyl (C=O) groups is 1. The number of aromatic nitrogens is 2. The minimum Gasteiger partial charge on any atom is -0.480 e. The summed E-state index contributed by atoms with van der Waals surface area (Å²) in [4.78, 5) is 23.3. The van der Waals surface area contributed by atoms with E-state index in [1.165, 1.54) is 22.9 Å². The zero-order chi connectivity index (χ0) is 20.8. The summed E-state index contributed by atoms with van der Waals surface area (Å²) in [6, 6.07) is 17.0. The minimum atomic E-state index is -0.991. The van der Waals surface area contributed by atoms with Crippen molar-refractivity contribution in [1.82, 2.24) is 9.78 Å². The number of hydrogen-bond acceptors (Lipinski definition) is 5. The summed E-state index contributed by atoms with van der Waals surface area (Å²) in [6.07, 6.45) is 0. The normalized spacial score (nSPS) is 10.4. The Hall–Kier alpha value is -3.87. The van der Waals surface area contributed by atoms with Gasteiger partial charge in [0, 0.05) is 17.3 Å². The largest absolute Gasteiger partial charge is 0.480 e. The molecule has 7 nitrogen and oxygen atoms in total. The van der Waals surface area contributed by atoms with Crippen molar-refractivity contribution in [2.45, 2.75) is 13.5 Å². The standard InChI is InChI=1S/C22H21N3O4/c1-3-29-15(2)23-19-6-4-5-16(13-19)14-25-21(26)12-11-20(24-25)17-7-9-18(10-8-17)22(27)28/h4-13,23H,2-3,14H2,1H3,(H,27,28). The van der Waals surface area contributed by atoms with Gasteiger partial charge in [0.25, 0.3) is 5.56 Å². The molecule has 0 aliphatic heterocycles. The predicted molar refractivity (Wildman–Crippen MR) is 111 cm³/mol. The van der Waals surface area contributed by atoms with Crippen molar-refractivity contribution in [2.24, 2.45) is 0 Å². The van der Waals surface area contributed by atoms with Gasteiger partial charge in [0.2, 0.25) is 0 Å². The van der Waals surface area contributed by atoms with E-state index in [-0.39, 0.29) is 17.7 Å². The van der Waals surface area contributed by atoms with Crippen LogP contribution in [0.15, 0.2) is 77.9 Å². The first-order valence-electron chi connectivity index (χ1n) is 9.06. The first kappa shape index (κ1) is 19.9. The second-order valence-electron chi connectivity index (χ2n) is 6.28. The Morgan fingerprint density at radius 1 is 1.17 bits per heavy atom. The lowest BCUT2D eigenvalue weighted by atomic mass is 10.1. The van der Waals surface area contributed by atoms with E-state index in [4.69, 9.17) is 9.84 Å². The smallest absolute Gasteiger partial charge is 0.335 e. The third-order valence-electron chi connectivity index (χ3n) is 4.16. The Balaban J connectivity index is 1.83. The Bertz CT molecular complexity index is 1090. The molecule has 7 heteroatoms. The van der Waals surface area contributed by atoms with E-state index in [1.807, 2.05) is 31.2 Å². The Morgan fingerprint density at radius 2 is 1.93 bits per heavy atom. The molecule has 3 rings (SSSR count). The lowest BCUT2D eigenvalue weighted by Crippen LogP contribution is -2.22. The van der Waals surface area contributed by atoms with Crippen molar-refractivity contribution in [3.63, 3.8) is 0 Å². The molecule has 0 amide bonds. The molecule has 0 radical (unpaired) electrons. The molecule has 0 aliphatic rings. The molecule has 1 heterocycles. The number of ether oxygens (including phenoxy) is 1. The van der Waals surface area contributed by atoms with Crippen molar-refractivity contribution >= 4 is 11.7 Å². The van der Waals surface area contributed by atoms with Crippen LogP contribution in [0.4, 0.5) is 5.69 Å². The van der Waals surface area contributed by atoms with E-state index in [2.05, 4.69) is 17.0 Å². The molecule has 0 saturated heterocycles. The summed E-state index contributed by atoms with van der Waals surface area (Å²) < 4.78 is 6.67. The first-order valence-corrected chi connectivity index (χ1v) is 9.06. The molecule has 0 unspecified atom stereocenters. The van der Waals surface area contributed by atoms with Gasteiger partial charge in [0.15, 0.2) is 5.88 Å². The fourth-order valence-electron chi connectivity index (χ4n) is 2.79. The molecule has 0 spiro atoms. The van der Waals surface area contributed by atoms with Gasteiger partial charge in [0.05, 0.1) is 24.4 Å². The molecule has 29 heavy (non-hydrogen) atoms. The average Bonchev–Trinajstić information content (AvgIpc) is 2.70. The number of benzene rings is 2. The third kappa shape index (κ3) is 5.10. The van der Waals surface area contributed by atoms with Gasteiger partial charge in [-0.15, -0.1) is 0 Å². The van der Waals surface area contributed by atoms with Gasteiger partial charge in [-0.25, -0.2) is 9.48 Å². The first-order chi connectivity index (χ1) is 14.0. The van der Waals surface area contributed by atoms with Crippen molar-refractivity contribution in [2.75, 3.05) is 11.9 Å². The van der Waals surface area contributed by atoms with Crippen LogP contribution in [0.5, 0.6) is 0 Å². The summed E-state index contributed by atoms with van der Waals surface area (Å²) in [7, 11) is 0. The molecule has 1 aromatic heterocycles. The maximum Gasteiger partial charge on any atom is 0.335 e. The van der Waals surface area contributed by atoms with Gasteiger partial charge in [-0.05, 0) is 49.4 Å². The van der Waals surface area contributed by atoms with Crippen molar-refractivity contribution in [1.29, 1.82) is 0 Å². The lowest BCUT2D eigenvalue weighted by molar-refractivity contribution is 0.0697. The summed E-state index contributed by atoms with van der Waals surface area (Å²) >= 11 is 0. The molecular weight excluding hydrogens is 370 g/mol. The third-order valence-corrected chi connectivity index (χ3v) is 4.16. The van der Waals surface area contributed by atoms with E-state index < -0.39 is 5.97 Å². The fourth-order valence-corrected chi connectivity index (χ4v) is 2.79. The van der Waals surface area contributed by atoms with Crippen LogP contribution in [0.1, 0.15) is 22.8 Å². The highest BCUT2D eigenvalue weighted by Crippen LogP contribution is 2.17. The maximum absolute atomic E-state index is 12.3. The van der Waals surface area contributed by atoms with Crippen LogP contribution in [0.25, 0.3) is 11.3 Å². The van der Waals surface area contributed by atoms with Crippen LogP contribution >= 0.6 is 0 Å². The number of carboxylic acid groups (broad SMARTS) is 1. The summed E-state index contributed by atoms with van der Waals surface area (Å²) in [5, 5.41) is 16.5. The summed E-state index contributed by atoms with van der Waals surface area (Å²) in [6.45, 7) is 6.48. The van der Waals surface area contributed by atoms with E-state index in [0.717, 1.165) is 16.8 Å². The van der Waals surface area contributed by atoms with Crippen LogP contribution in [0, 0.1) is 0 Å². The van der Waals surface area contributed by atoms with Gasteiger partial charge in [0.1, 0.15) is 0 Å². The Kier molecular flexibility index (Phi) is 6.09. The quantitative estimate of drug-likeness (QED) is 0.570. The monoisotopic (exact) mass is 391 g/mol. The summed E-state index contributed by atoms with van der Waals surface area (Å²) in [5.74, 6) is -0.540. The Morgan fingerprint density at radius 3 is 2.62 bits per heavy atom. The highest BCUT2D eigenvalue weighted by atomic mass is 16.5. The van der Waals surface area contributed by atoms with Crippen LogP contribution in [-0.2, 0) is 11.3 Å². The van der Waals surface area contributed by atoms with Crippen molar-refractivity contribution in [3.8, 4) is 11.3 Å². The number of rotatable bonds is 8. The zero-order valence-corrected chi connectivity index (χ0v) is 16.0. The highest BCUT2D eigenvalue weighted by molar-refractivity contribution is 5.88. The van der Waals surface area contributed by atoms with Crippen molar-refractivity contribution in [3.05, 3.63) is 94.6 Å². The molecular formula is C22H21N3O4. The van der Waals surface area contributed by atoms with E-state index in [0.29, 0.717) is 18.2 Å². The topological polar surface area (TPSA) is 93.5 Å². The van der Waals surface area contributed by atoms with Crippen LogP contribution in [0.3, 0.4) is 0 Å². The van der Waals surface area contributed by atoms with Crippen molar-refractivity contribution < 1.29 is 14.6 Å². The SMILES string of the molecule is C=C(Nc1cccc(Cn2nc(-c3ccc(C(=O)O)cc3)ccc2=O)c1)OCC. The van der Waals surface area contributed by atoms with E-state index >= 15 is 0 Å². The van der Waals surface area contributed by atoms with Gasteiger partial charge in [-0.1, -0.05) is 24.3 Å². The number of hydrogen-bond donors (Lipinski definition) is 2. The Labute approximate surface area is 167 Å². The number of nitrogens with one attached hydrogen (secondary N) is 1. The van der Waals surface area contributed by atoms with Crippen LogP contribution in [0.2, 0.25) is 0 Å². The van der Waals surface area contributed by atoms with Crippen LogP contribution < -0.4 is 10.9 Å². The molecule has 0 aliphatic carbocycles. The predicted octanol–water partition coefficient (Wildman–Crippen LogP) is 3.58. The van der Waals surface area contributed by atoms with Gasteiger partial charge < -0.3 is 15.2 Å². The van der Waals surface area contributed by atoms with E-state index in [9.17, 15) is 9.59 Å². The van der Waals surface area contributed by atoms with E-state index in [1.54, 1.807) is 18.2 Å². The van der Waals surface area contributed by atoms with Crippen LogP contribution in [-0.4, -0.2) is 27.5 Å². The van der Waals surface area contributed by atoms with Gasteiger partial charge in [-0.2, -0.15) is 5.10 Å². The second-order valence-corrected chi connectivity index (χ2v) is 6.28.